The van der Waals surface area contributed by atoms with E-state index in [-0.39, 0.29) is 11.4 Å². The van der Waals surface area contributed by atoms with Gasteiger partial charge in [-0.25, -0.2) is 8.42 Å². The first-order chi connectivity index (χ1) is 8.93. The summed E-state index contributed by atoms with van der Waals surface area (Å²) in [5, 5.41) is 0.292. The Morgan fingerprint density at radius 3 is 2.42 bits per heavy atom. The Morgan fingerprint density at radius 1 is 1.26 bits per heavy atom. The van der Waals surface area contributed by atoms with Gasteiger partial charge in [-0.3, -0.25) is 4.72 Å². The zero-order chi connectivity index (χ0) is 14.5. The summed E-state index contributed by atoms with van der Waals surface area (Å²) in [5.41, 5.74) is 5.56. The fraction of sp³-hybridized carbons (Fsp3) is 0.455. The van der Waals surface area contributed by atoms with Gasteiger partial charge in [0.2, 0.25) is 10.0 Å². The van der Waals surface area contributed by atoms with Crippen molar-refractivity contribution in [3.05, 3.63) is 17.2 Å². The van der Waals surface area contributed by atoms with E-state index in [2.05, 4.69) is 4.72 Å². The summed E-state index contributed by atoms with van der Waals surface area (Å²) in [6.07, 6.45) is 0.377. The number of ether oxygens (including phenoxy) is 2. The SMILES string of the molecule is COc1cc(OC)c(NS(=O)(=O)CCCN)cc1Cl. The molecule has 1 rings (SSSR count). The standard InChI is InChI=1S/C11H17ClN2O4S/c1-17-10-7-11(18-2)9(6-8(10)12)14-19(15,16)5-3-4-13/h6-7,14H,3-5,13H2,1-2H3. The summed E-state index contributed by atoms with van der Waals surface area (Å²) < 4.78 is 36.1. The van der Waals surface area contributed by atoms with E-state index in [4.69, 9.17) is 26.8 Å². The average molecular weight is 309 g/mol. The van der Waals surface area contributed by atoms with E-state index in [0.717, 1.165) is 0 Å². The first kappa shape index (κ1) is 15.9. The number of methoxy groups -OCH3 is 2. The summed E-state index contributed by atoms with van der Waals surface area (Å²) in [5.74, 6) is 0.678. The molecule has 0 heterocycles. The molecule has 0 unspecified atom stereocenters. The molecule has 0 bridgehead atoms. The molecule has 108 valence electrons. The highest BCUT2D eigenvalue weighted by molar-refractivity contribution is 7.92. The van der Waals surface area contributed by atoms with Gasteiger partial charge in [0.1, 0.15) is 11.5 Å². The maximum Gasteiger partial charge on any atom is 0.232 e. The second-order valence-corrected chi connectivity index (χ2v) is 6.00. The lowest BCUT2D eigenvalue weighted by molar-refractivity contribution is 0.396. The summed E-state index contributed by atoms with van der Waals surface area (Å²) in [7, 11) is -0.580. The first-order valence-corrected chi connectivity index (χ1v) is 7.58. The Balaban J connectivity index is 3.03. The van der Waals surface area contributed by atoms with Crippen LogP contribution in [0.3, 0.4) is 0 Å². The van der Waals surface area contributed by atoms with E-state index in [1.807, 2.05) is 0 Å². The molecule has 1 aromatic rings. The van der Waals surface area contributed by atoms with Crippen LogP contribution in [-0.4, -0.2) is 34.9 Å². The predicted octanol–water partition coefficient (Wildman–Crippen LogP) is 1.45. The van der Waals surface area contributed by atoms with Gasteiger partial charge in [0.25, 0.3) is 0 Å². The fourth-order valence-corrected chi connectivity index (χ4v) is 2.82. The zero-order valence-corrected chi connectivity index (χ0v) is 12.3. The minimum Gasteiger partial charge on any atom is -0.495 e. The highest BCUT2D eigenvalue weighted by Gasteiger charge is 2.15. The van der Waals surface area contributed by atoms with E-state index in [0.29, 0.717) is 29.5 Å². The van der Waals surface area contributed by atoms with Crippen molar-refractivity contribution in [1.29, 1.82) is 0 Å². The van der Waals surface area contributed by atoms with Crippen molar-refractivity contribution in [3.8, 4) is 11.5 Å². The van der Waals surface area contributed by atoms with E-state index >= 15 is 0 Å². The molecule has 0 atom stereocenters. The van der Waals surface area contributed by atoms with Crippen LogP contribution in [0.2, 0.25) is 5.02 Å². The normalized spacial score (nSPS) is 11.2. The van der Waals surface area contributed by atoms with Gasteiger partial charge >= 0.3 is 0 Å². The molecule has 1 aromatic carbocycles. The third-order valence-corrected chi connectivity index (χ3v) is 4.01. The van der Waals surface area contributed by atoms with Crippen LogP contribution in [0.4, 0.5) is 5.69 Å². The highest BCUT2D eigenvalue weighted by Crippen LogP contribution is 2.36. The smallest absolute Gasteiger partial charge is 0.232 e. The molecule has 0 spiro atoms. The average Bonchev–Trinajstić information content (AvgIpc) is 2.36. The largest absolute Gasteiger partial charge is 0.495 e. The minimum absolute atomic E-state index is 0.0592. The van der Waals surface area contributed by atoms with E-state index in [9.17, 15) is 8.42 Å². The van der Waals surface area contributed by atoms with E-state index < -0.39 is 10.0 Å². The number of benzene rings is 1. The van der Waals surface area contributed by atoms with Gasteiger partial charge in [0.15, 0.2) is 0 Å². The monoisotopic (exact) mass is 308 g/mol. The van der Waals surface area contributed by atoms with E-state index in [1.165, 1.54) is 26.4 Å². The van der Waals surface area contributed by atoms with Crippen LogP contribution >= 0.6 is 11.6 Å². The molecule has 0 saturated heterocycles. The van der Waals surface area contributed by atoms with Crippen LogP contribution in [-0.2, 0) is 10.0 Å². The number of nitrogens with two attached hydrogens (primary N) is 1. The van der Waals surface area contributed by atoms with E-state index in [1.54, 1.807) is 0 Å². The Morgan fingerprint density at radius 2 is 1.89 bits per heavy atom. The molecule has 0 saturated carbocycles. The predicted molar refractivity (Wildman–Crippen MR) is 75.6 cm³/mol. The van der Waals surface area contributed by atoms with Crippen molar-refractivity contribution < 1.29 is 17.9 Å². The third-order valence-electron chi connectivity index (χ3n) is 2.36. The number of hydrogen-bond donors (Lipinski definition) is 2. The Kier molecular flexibility index (Phi) is 5.71. The number of hydrogen-bond acceptors (Lipinski definition) is 5. The van der Waals surface area contributed by atoms with Crippen molar-refractivity contribution in [3.63, 3.8) is 0 Å². The lowest BCUT2D eigenvalue weighted by Crippen LogP contribution is -2.19. The summed E-state index contributed by atoms with van der Waals surface area (Å²) in [6.45, 7) is 0.307. The molecule has 0 amide bonds. The van der Waals surface area contributed by atoms with Gasteiger partial charge in [-0.05, 0) is 19.0 Å². The van der Waals surface area contributed by atoms with Crippen LogP contribution in [0.5, 0.6) is 11.5 Å². The maximum atomic E-state index is 11.8. The lowest BCUT2D eigenvalue weighted by atomic mass is 10.3. The second-order valence-electron chi connectivity index (χ2n) is 3.75. The quantitative estimate of drug-likeness (QED) is 0.795. The van der Waals surface area contributed by atoms with Gasteiger partial charge in [-0.1, -0.05) is 11.6 Å². The molecule has 8 heteroatoms. The first-order valence-electron chi connectivity index (χ1n) is 5.55. The van der Waals surface area contributed by atoms with Crippen molar-refractivity contribution >= 4 is 27.3 Å². The van der Waals surface area contributed by atoms with Gasteiger partial charge in [-0.2, -0.15) is 0 Å². The molecular formula is C11H17ClN2O4S. The maximum absolute atomic E-state index is 11.8. The number of rotatable bonds is 7. The van der Waals surface area contributed by atoms with Crippen molar-refractivity contribution in [2.75, 3.05) is 31.2 Å². The van der Waals surface area contributed by atoms with Gasteiger partial charge in [0.05, 0.1) is 30.7 Å². The summed E-state index contributed by atoms with van der Waals surface area (Å²) in [6, 6.07) is 2.96. The molecule has 6 nitrogen and oxygen atoms in total. The Bertz CT molecular complexity index is 534. The van der Waals surface area contributed by atoms with Crippen LogP contribution < -0.4 is 19.9 Å². The van der Waals surface area contributed by atoms with Crippen LogP contribution in [0.1, 0.15) is 6.42 Å². The third kappa shape index (κ3) is 4.45. The summed E-state index contributed by atoms with van der Waals surface area (Å²) >= 11 is 5.96. The van der Waals surface area contributed by atoms with Crippen LogP contribution in [0.25, 0.3) is 0 Å². The lowest BCUT2D eigenvalue weighted by Gasteiger charge is -2.14. The van der Waals surface area contributed by atoms with Crippen molar-refractivity contribution in [2.24, 2.45) is 5.73 Å². The number of anilines is 1. The molecule has 0 fully saturated rings. The minimum atomic E-state index is -3.48. The summed E-state index contributed by atoms with van der Waals surface area (Å²) in [4.78, 5) is 0. The highest BCUT2D eigenvalue weighted by atomic mass is 35.5. The molecule has 19 heavy (non-hydrogen) atoms. The Labute approximate surface area is 117 Å². The van der Waals surface area contributed by atoms with Gasteiger partial charge in [-0.15, -0.1) is 0 Å². The van der Waals surface area contributed by atoms with Crippen LogP contribution in [0.15, 0.2) is 12.1 Å². The van der Waals surface area contributed by atoms with Crippen molar-refractivity contribution in [2.45, 2.75) is 6.42 Å². The number of sulfonamides is 1. The molecular weight excluding hydrogens is 292 g/mol. The molecule has 0 radical (unpaired) electrons. The topological polar surface area (TPSA) is 90.6 Å². The zero-order valence-electron chi connectivity index (χ0n) is 10.8. The van der Waals surface area contributed by atoms with Gasteiger partial charge < -0.3 is 15.2 Å². The molecule has 0 aliphatic heterocycles. The molecule has 0 aliphatic carbocycles. The fourth-order valence-electron chi connectivity index (χ4n) is 1.43. The number of halogens is 1. The van der Waals surface area contributed by atoms with Crippen molar-refractivity contribution in [1.82, 2.24) is 0 Å². The molecule has 3 N–H and O–H groups in total. The molecule has 0 aliphatic rings. The molecule has 0 aromatic heterocycles. The second kappa shape index (κ2) is 6.83. The van der Waals surface area contributed by atoms with Crippen LogP contribution in [0, 0.1) is 0 Å². The number of nitrogens with one attached hydrogen (secondary N) is 1. The Hall–Kier alpha value is -1.18. The van der Waals surface area contributed by atoms with Gasteiger partial charge in [0, 0.05) is 6.07 Å².